The molecule has 0 aromatic heterocycles. The van der Waals surface area contributed by atoms with Crippen molar-refractivity contribution in [2.45, 2.75) is 18.7 Å². The van der Waals surface area contributed by atoms with Crippen molar-refractivity contribution >= 4 is 12.0 Å². The molecule has 3 atom stereocenters. The topological polar surface area (TPSA) is 67.9 Å². The molecule has 0 saturated carbocycles. The van der Waals surface area contributed by atoms with Crippen molar-refractivity contribution in [3.05, 3.63) is 29.8 Å². The summed E-state index contributed by atoms with van der Waals surface area (Å²) in [4.78, 5) is 25.6. The van der Waals surface area contributed by atoms with Crippen LogP contribution in [0.4, 0.5) is 4.79 Å². The number of carbonyl (C=O) groups excluding carboxylic acids is 2. The van der Waals surface area contributed by atoms with Crippen LogP contribution in [-0.4, -0.2) is 36.8 Å². The molecular formula is C14H16N2O4. The van der Waals surface area contributed by atoms with Gasteiger partial charge in [0.1, 0.15) is 11.7 Å². The van der Waals surface area contributed by atoms with Crippen LogP contribution in [0, 0.1) is 5.92 Å². The van der Waals surface area contributed by atoms with Gasteiger partial charge in [-0.25, -0.2) is 4.79 Å². The van der Waals surface area contributed by atoms with E-state index in [0.717, 1.165) is 5.56 Å². The quantitative estimate of drug-likeness (QED) is 0.785. The molecule has 2 aliphatic heterocycles. The fourth-order valence-corrected chi connectivity index (χ4v) is 2.96. The molecule has 3 rings (SSSR count). The second kappa shape index (κ2) is 4.13. The average Bonchev–Trinajstić information content (AvgIpc) is 2.44. The average molecular weight is 276 g/mol. The number of ether oxygens (including phenoxy) is 2. The van der Waals surface area contributed by atoms with E-state index in [4.69, 9.17) is 9.47 Å². The van der Waals surface area contributed by atoms with Crippen LogP contribution in [0.3, 0.4) is 0 Å². The number of rotatable bonds is 1. The van der Waals surface area contributed by atoms with E-state index >= 15 is 0 Å². The number of methoxy groups -OCH3 is 1. The lowest BCUT2D eigenvalue weighted by atomic mass is 9.79. The first-order valence-electron chi connectivity index (χ1n) is 6.39. The number of hydrogen-bond acceptors (Lipinski definition) is 4. The van der Waals surface area contributed by atoms with Crippen LogP contribution >= 0.6 is 0 Å². The van der Waals surface area contributed by atoms with Gasteiger partial charge < -0.3 is 14.8 Å². The second-order valence-corrected chi connectivity index (χ2v) is 5.18. The highest BCUT2D eigenvalue weighted by Gasteiger charge is 2.59. The van der Waals surface area contributed by atoms with E-state index in [-0.39, 0.29) is 6.03 Å². The smallest absolute Gasteiger partial charge is 0.320 e. The van der Waals surface area contributed by atoms with Crippen LogP contribution in [0.1, 0.15) is 18.5 Å². The monoisotopic (exact) mass is 276 g/mol. The first-order chi connectivity index (χ1) is 9.49. The second-order valence-electron chi connectivity index (χ2n) is 5.18. The van der Waals surface area contributed by atoms with Crippen molar-refractivity contribution in [3.8, 4) is 5.75 Å². The van der Waals surface area contributed by atoms with E-state index < -0.39 is 23.7 Å². The lowest BCUT2D eigenvalue weighted by molar-refractivity contribution is -0.173. The number of carbonyl (C=O) groups is 2. The zero-order chi connectivity index (χ0) is 14.5. The van der Waals surface area contributed by atoms with E-state index in [2.05, 4.69) is 5.32 Å². The number of fused-ring (bicyclic) bond motifs is 4. The van der Waals surface area contributed by atoms with Gasteiger partial charge in [0.25, 0.3) is 0 Å². The van der Waals surface area contributed by atoms with E-state index in [1.165, 1.54) is 12.0 Å². The highest BCUT2D eigenvalue weighted by atomic mass is 16.5. The number of amides is 2. The zero-order valence-electron chi connectivity index (χ0n) is 11.5. The van der Waals surface area contributed by atoms with Gasteiger partial charge in [-0.15, -0.1) is 0 Å². The molecule has 0 spiro atoms. The molecule has 1 fully saturated rings. The van der Waals surface area contributed by atoms with Gasteiger partial charge in [-0.3, -0.25) is 9.69 Å². The molecule has 0 unspecified atom stereocenters. The standard InChI is InChI=1S/C14H16N2O4/c1-14-10(12(17)19-3)11(15-13(18)16(14)2)8-6-4-5-7-9(8)20-14/h4-7,10-11H,1-3H3,(H,15,18)/t10-,11+,14+/m0/s1. The number of urea groups is 1. The van der Waals surface area contributed by atoms with Crippen molar-refractivity contribution < 1.29 is 19.1 Å². The summed E-state index contributed by atoms with van der Waals surface area (Å²) in [6.07, 6.45) is 0. The van der Waals surface area contributed by atoms with Crippen LogP contribution in [0.25, 0.3) is 0 Å². The molecule has 0 radical (unpaired) electrons. The number of hydrogen-bond donors (Lipinski definition) is 1. The maximum absolute atomic E-state index is 12.2. The minimum Gasteiger partial charge on any atom is -0.469 e. The Kier molecular flexibility index (Phi) is 2.64. The minimum atomic E-state index is -1.06. The molecule has 6 nitrogen and oxygen atoms in total. The van der Waals surface area contributed by atoms with Gasteiger partial charge in [0.05, 0.1) is 13.2 Å². The minimum absolute atomic E-state index is 0.271. The van der Waals surface area contributed by atoms with Crippen molar-refractivity contribution in [1.29, 1.82) is 0 Å². The molecule has 1 aromatic rings. The summed E-state index contributed by atoms with van der Waals surface area (Å²) in [5, 5.41) is 2.85. The van der Waals surface area contributed by atoms with Crippen molar-refractivity contribution in [2.24, 2.45) is 5.92 Å². The molecule has 2 heterocycles. The van der Waals surface area contributed by atoms with Crippen molar-refractivity contribution in [1.82, 2.24) is 10.2 Å². The van der Waals surface area contributed by atoms with Gasteiger partial charge in [-0.1, -0.05) is 18.2 Å². The van der Waals surface area contributed by atoms with Gasteiger partial charge in [-0.2, -0.15) is 0 Å². The van der Waals surface area contributed by atoms with E-state index in [1.54, 1.807) is 14.0 Å². The van der Waals surface area contributed by atoms with Crippen LogP contribution in [0.2, 0.25) is 0 Å². The summed E-state index contributed by atoms with van der Waals surface area (Å²) < 4.78 is 10.9. The molecule has 2 bridgehead atoms. The predicted octanol–water partition coefficient (Wildman–Crippen LogP) is 1.28. The van der Waals surface area contributed by atoms with E-state index in [0.29, 0.717) is 5.75 Å². The Morgan fingerprint density at radius 3 is 2.85 bits per heavy atom. The number of nitrogens with one attached hydrogen (secondary N) is 1. The molecule has 20 heavy (non-hydrogen) atoms. The fourth-order valence-electron chi connectivity index (χ4n) is 2.96. The summed E-state index contributed by atoms with van der Waals surface area (Å²) in [5.41, 5.74) is -0.268. The number of para-hydroxylation sites is 1. The predicted molar refractivity (Wildman–Crippen MR) is 70.0 cm³/mol. The normalized spacial score (nSPS) is 30.9. The molecule has 106 valence electrons. The Balaban J connectivity index is 2.18. The summed E-state index contributed by atoms with van der Waals surface area (Å²) in [5.74, 6) is -0.351. The van der Waals surface area contributed by atoms with Crippen LogP contribution in [-0.2, 0) is 9.53 Å². The molecule has 2 aliphatic rings. The van der Waals surface area contributed by atoms with E-state index in [1.807, 2.05) is 24.3 Å². The summed E-state index contributed by atoms with van der Waals surface area (Å²) in [7, 11) is 2.94. The lowest BCUT2D eigenvalue weighted by Crippen LogP contribution is -2.70. The van der Waals surface area contributed by atoms with Gasteiger partial charge in [0.15, 0.2) is 5.72 Å². The highest BCUT2D eigenvalue weighted by Crippen LogP contribution is 2.47. The Morgan fingerprint density at radius 1 is 1.45 bits per heavy atom. The number of nitrogens with zero attached hydrogens (tertiary/aromatic N) is 1. The van der Waals surface area contributed by atoms with Crippen LogP contribution in [0.15, 0.2) is 24.3 Å². The zero-order valence-corrected chi connectivity index (χ0v) is 11.5. The molecule has 1 aromatic carbocycles. The summed E-state index contributed by atoms with van der Waals surface area (Å²) in [6.45, 7) is 1.73. The Morgan fingerprint density at radius 2 is 2.15 bits per heavy atom. The molecule has 1 saturated heterocycles. The molecule has 0 aliphatic carbocycles. The highest BCUT2D eigenvalue weighted by molar-refractivity contribution is 5.84. The molecule has 2 amide bonds. The third kappa shape index (κ3) is 1.51. The van der Waals surface area contributed by atoms with Gasteiger partial charge in [0, 0.05) is 12.6 Å². The third-order valence-electron chi connectivity index (χ3n) is 4.19. The largest absolute Gasteiger partial charge is 0.469 e. The lowest BCUT2D eigenvalue weighted by Gasteiger charge is -2.53. The van der Waals surface area contributed by atoms with Crippen molar-refractivity contribution in [2.75, 3.05) is 14.2 Å². The van der Waals surface area contributed by atoms with Crippen LogP contribution in [0.5, 0.6) is 5.75 Å². The maximum Gasteiger partial charge on any atom is 0.320 e. The maximum atomic E-state index is 12.2. The van der Waals surface area contributed by atoms with Gasteiger partial charge in [0.2, 0.25) is 0 Å². The van der Waals surface area contributed by atoms with Gasteiger partial charge in [-0.05, 0) is 13.0 Å². The first-order valence-corrected chi connectivity index (χ1v) is 6.39. The number of benzene rings is 1. The molecular weight excluding hydrogens is 260 g/mol. The summed E-state index contributed by atoms with van der Waals surface area (Å²) in [6, 6.07) is 6.68. The Bertz CT molecular complexity index is 588. The Labute approximate surface area is 116 Å². The Hall–Kier alpha value is -2.24. The van der Waals surface area contributed by atoms with E-state index in [9.17, 15) is 9.59 Å². The third-order valence-corrected chi connectivity index (χ3v) is 4.19. The SMILES string of the molecule is COC(=O)[C@@H]1[C@@H]2NC(=O)N(C)[C@]1(C)Oc1ccccc12. The fraction of sp³-hybridized carbons (Fsp3) is 0.429. The van der Waals surface area contributed by atoms with Gasteiger partial charge >= 0.3 is 12.0 Å². The number of esters is 1. The first kappa shape index (κ1) is 12.8. The molecule has 6 heteroatoms. The van der Waals surface area contributed by atoms with Crippen LogP contribution < -0.4 is 10.1 Å². The summed E-state index contributed by atoms with van der Waals surface area (Å²) >= 11 is 0. The van der Waals surface area contributed by atoms with Crippen molar-refractivity contribution in [3.63, 3.8) is 0 Å². The molecule has 1 N–H and O–H groups in total.